The van der Waals surface area contributed by atoms with Gasteiger partial charge >= 0.3 is 5.97 Å². The normalized spacial score (nSPS) is 20.3. The minimum Gasteiger partial charge on any atom is -0.465 e. The fourth-order valence-electron chi connectivity index (χ4n) is 2.76. The third-order valence-corrected chi connectivity index (χ3v) is 3.81. The number of esters is 1. The standard InChI is InChI=1S/C17H16O4/c1-4-9-17(11(2)18)14-8-6-5-7-12(14)10-13(15(17)19)16(20)21-3/h4-8,10H,1,9H2,2-3H3. The Morgan fingerprint density at radius 3 is 2.57 bits per heavy atom. The summed E-state index contributed by atoms with van der Waals surface area (Å²) >= 11 is 0. The van der Waals surface area contributed by atoms with E-state index in [1.54, 1.807) is 24.3 Å². The van der Waals surface area contributed by atoms with Crippen LogP contribution in [-0.4, -0.2) is 24.6 Å². The van der Waals surface area contributed by atoms with Gasteiger partial charge in [0.15, 0.2) is 5.78 Å². The van der Waals surface area contributed by atoms with Crippen LogP contribution in [0.2, 0.25) is 0 Å². The van der Waals surface area contributed by atoms with Crippen LogP contribution >= 0.6 is 0 Å². The largest absolute Gasteiger partial charge is 0.465 e. The maximum atomic E-state index is 12.8. The quantitative estimate of drug-likeness (QED) is 0.368. The molecule has 0 saturated carbocycles. The second kappa shape index (κ2) is 5.48. The van der Waals surface area contributed by atoms with E-state index in [0.29, 0.717) is 11.1 Å². The molecule has 0 saturated heterocycles. The van der Waals surface area contributed by atoms with Crippen molar-refractivity contribution in [3.05, 3.63) is 53.6 Å². The smallest absolute Gasteiger partial charge is 0.341 e. The monoisotopic (exact) mass is 284 g/mol. The Kier molecular flexibility index (Phi) is 3.89. The van der Waals surface area contributed by atoms with Crippen molar-refractivity contribution >= 4 is 23.6 Å². The Morgan fingerprint density at radius 2 is 2.00 bits per heavy atom. The van der Waals surface area contributed by atoms with Crippen LogP contribution in [0.5, 0.6) is 0 Å². The Labute approximate surface area is 123 Å². The van der Waals surface area contributed by atoms with Crippen LogP contribution < -0.4 is 0 Å². The lowest BCUT2D eigenvalue weighted by molar-refractivity contribution is -0.139. The number of allylic oxidation sites excluding steroid dienone is 1. The highest BCUT2D eigenvalue weighted by molar-refractivity contribution is 6.32. The third-order valence-electron chi connectivity index (χ3n) is 3.81. The number of benzene rings is 1. The number of carbonyl (C=O) groups excluding carboxylic acids is 3. The highest BCUT2D eigenvalue weighted by Gasteiger charge is 2.49. The van der Waals surface area contributed by atoms with Gasteiger partial charge in [-0.05, 0) is 30.5 Å². The topological polar surface area (TPSA) is 60.4 Å². The SMILES string of the molecule is C=CCC1(C(C)=O)C(=O)C(C(=O)OC)=Cc2ccccc21. The van der Waals surface area contributed by atoms with Crippen LogP contribution in [0.15, 0.2) is 42.5 Å². The van der Waals surface area contributed by atoms with Crippen LogP contribution in [0.25, 0.3) is 6.08 Å². The molecule has 1 atom stereocenters. The number of hydrogen-bond donors (Lipinski definition) is 0. The van der Waals surface area contributed by atoms with Gasteiger partial charge in [0.2, 0.25) is 0 Å². The zero-order chi connectivity index (χ0) is 15.6. The molecular formula is C17H16O4. The molecular weight excluding hydrogens is 268 g/mol. The van der Waals surface area contributed by atoms with E-state index in [0.717, 1.165) is 0 Å². The second-order valence-corrected chi connectivity index (χ2v) is 4.92. The molecule has 0 amide bonds. The van der Waals surface area contributed by atoms with E-state index in [9.17, 15) is 14.4 Å². The predicted octanol–water partition coefficient (Wildman–Crippen LogP) is 2.23. The lowest BCUT2D eigenvalue weighted by Gasteiger charge is -2.34. The Morgan fingerprint density at radius 1 is 1.33 bits per heavy atom. The molecule has 0 heterocycles. The van der Waals surface area contributed by atoms with E-state index in [1.807, 2.05) is 0 Å². The van der Waals surface area contributed by atoms with Crippen molar-refractivity contribution in [1.82, 2.24) is 0 Å². The fraction of sp³-hybridized carbons (Fsp3) is 0.235. The van der Waals surface area contributed by atoms with Crippen molar-refractivity contribution in [1.29, 1.82) is 0 Å². The van der Waals surface area contributed by atoms with Gasteiger partial charge in [0.25, 0.3) is 0 Å². The molecule has 1 aromatic carbocycles. The fourth-order valence-corrected chi connectivity index (χ4v) is 2.76. The third kappa shape index (κ3) is 2.13. The van der Waals surface area contributed by atoms with E-state index in [4.69, 9.17) is 0 Å². The Hall–Kier alpha value is -2.49. The van der Waals surface area contributed by atoms with Gasteiger partial charge in [-0.1, -0.05) is 30.3 Å². The summed E-state index contributed by atoms with van der Waals surface area (Å²) in [5.41, 5.74) is -0.214. The van der Waals surface area contributed by atoms with Gasteiger partial charge in [0.05, 0.1) is 7.11 Å². The molecule has 0 aromatic heterocycles. The molecule has 0 radical (unpaired) electrons. The van der Waals surface area contributed by atoms with Crippen molar-refractivity contribution in [3.63, 3.8) is 0 Å². The van der Waals surface area contributed by atoms with Gasteiger partial charge in [0.1, 0.15) is 16.8 Å². The summed E-state index contributed by atoms with van der Waals surface area (Å²) in [6.45, 7) is 5.00. The zero-order valence-electron chi connectivity index (χ0n) is 12.0. The molecule has 2 rings (SSSR count). The molecule has 0 spiro atoms. The average molecular weight is 284 g/mol. The lowest BCUT2D eigenvalue weighted by Crippen LogP contribution is -2.46. The predicted molar refractivity (Wildman–Crippen MR) is 78.6 cm³/mol. The summed E-state index contributed by atoms with van der Waals surface area (Å²) in [6, 6.07) is 7.07. The van der Waals surface area contributed by atoms with E-state index in [1.165, 1.54) is 26.2 Å². The minimum absolute atomic E-state index is 0.103. The molecule has 0 aliphatic heterocycles. The van der Waals surface area contributed by atoms with Gasteiger partial charge < -0.3 is 4.74 Å². The van der Waals surface area contributed by atoms with E-state index < -0.39 is 17.2 Å². The summed E-state index contributed by atoms with van der Waals surface area (Å²) in [5, 5.41) is 0. The lowest BCUT2D eigenvalue weighted by atomic mass is 9.65. The first kappa shape index (κ1) is 14.9. The van der Waals surface area contributed by atoms with Crippen LogP contribution in [-0.2, 0) is 24.5 Å². The maximum absolute atomic E-state index is 12.8. The zero-order valence-corrected chi connectivity index (χ0v) is 12.0. The van der Waals surface area contributed by atoms with Gasteiger partial charge in [-0.3, -0.25) is 9.59 Å². The van der Waals surface area contributed by atoms with E-state index in [-0.39, 0.29) is 17.8 Å². The number of fused-ring (bicyclic) bond motifs is 1. The molecule has 0 N–H and O–H groups in total. The van der Waals surface area contributed by atoms with Gasteiger partial charge in [-0.2, -0.15) is 0 Å². The second-order valence-electron chi connectivity index (χ2n) is 4.92. The summed E-state index contributed by atoms with van der Waals surface area (Å²) < 4.78 is 4.66. The van der Waals surface area contributed by atoms with Crippen molar-refractivity contribution < 1.29 is 19.1 Å². The summed E-state index contributed by atoms with van der Waals surface area (Å²) in [6.07, 6.45) is 3.15. The first-order valence-electron chi connectivity index (χ1n) is 6.55. The summed E-state index contributed by atoms with van der Waals surface area (Å²) in [5.74, 6) is -1.57. The van der Waals surface area contributed by atoms with Gasteiger partial charge in [-0.15, -0.1) is 6.58 Å². The molecule has 4 heteroatoms. The van der Waals surface area contributed by atoms with Gasteiger partial charge in [-0.25, -0.2) is 4.79 Å². The minimum atomic E-state index is -1.39. The molecule has 108 valence electrons. The van der Waals surface area contributed by atoms with Crippen molar-refractivity contribution in [2.75, 3.05) is 7.11 Å². The molecule has 1 unspecified atom stereocenters. The number of ether oxygens (including phenoxy) is 1. The Balaban J connectivity index is 2.79. The maximum Gasteiger partial charge on any atom is 0.341 e. The Bertz CT molecular complexity index is 669. The van der Waals surface area contributed by atoms with Crippen molar-refractivity contribution in [3.8, 4) is 0 Å². The van der Waals surface area contributed by atoms with E-state index >= 15 is 0 Å². The molecule has 0 fully saturated rings. The molecule has 1 aromatic rings. The molecule has 1 aliphatic carbocycles. The van der Waals surface area contributed by atoms with Crippen LogP contribution in [0.1, 0.15) is 24.5 Å². The highest BCUT2D eigenvalue weighted by Crippen LogP contribution is 2.40. The number of methoxy groups -OCH3 is 1. The molecule has 21 heavy (non-hydrogen) atoms. The highest BCUT2D eigenvalue weighted by atomic mass is 16.5. The number of rotatable bonds is 4. The van der Waals surface area contributed by atoms with E-state index in [2.05, 4.69) is 11.3 Å². The first-order valence-corrected chi connectivity index (χ1v) is 6.55. The molecule has 0 bridgehead atoms. The summed E-state index contributed by atoms with van der Waals surface area (Å²) in [4.78, 5) is 36.9. The number of Topliss-reactive ketones (excluding diaryl/α,β-unsaturated/α-hetero) is 2. The van der Waals surface area contributed by atoms with Crippen molar-refractivity contribution in [2.24, 2.45) is 0 Å². The van der Waals surface area contributed by atoms with Crippen LogP contribution in [0, 0.1) is 0 Å². The number of carbonyl (C=O) groups is 3. The summed E-state index contributed by atoms with van der Waals surface area (Å²) in [7, 11) is 1.21. The molecule has 4 nitrogen and oxygen atoms in total. The molecule has 1 aliphatic rings. The number of ketones is 2. The first-order chi connectivity index (χ1) is 9.98. The number of hydrogen-bond acceptors (Lipinski definition) is 4. The average Bonchev–Trinajstić information content (AvgIpc) is 2.48. The van der Waals surface area contributed by atoms with Crippen molar-refractivity contribution in [2.45, 2.75) is 18.8 Å². The van der Waals surface area contributed by atoms with Crippen LogP contribution in [0.3, 0.4) is 0 Å². The van der Waals surface area contributed by atoms with Gasteiger partial charge in [0, 0.05) is 0 Å². The van der Waals surface area contributed by atoms with Crippen LogP contribution in [0.4, 0.5) is 0 Å².